The molecule has 1 aliphatic rings. The predicted octanol–water partition coefficient (Wildman–Crippen LogP) is 1.80. The highest BCUT2D eigenvalue weighted by Gasteiger charge is 2.18. The number of nitrogen functional groups attached to an aromatic ring is 1. The molecule has 0 aromatic carbocycles. The van der Waals surface area contributed by atoms with Gasteiger partial charge in [0, 0.05) is 13.1 Å². The minimum absolute atomic E-state index is 0.0534. The van der Waals surface area contributed by atoms with Crippen molar-refractivity contribution in [3.8, 4) is 11.5 Å². The first-order valence-electron chi connectivity index (χ1n) is 8.27. The van der Waals surface area contributed by atoms with Gasteiger partial charge >= 0.3 is 0 Å². The van der Waals surface area contributed by atoms with Crippen LogP contribution in [0.25, 0.3) is 11.5 Å². The first-order valence-corrected chi connectivity index (χ1v) is 8.27. The van der Waals surface area contributed by atoms with Crippen LogP contribution in [0.4, 0.5) is 5.69 Å². The average molecular weight is 330 g/mol. The minimum atomic E-state index is -0.454. The van der Waals surface area contributed by atoms with Gasteiger partial charge in [-0.25, -0.2) is 4.68 Å². The first kappa shape index (κ1) is 16.3. The molecule has 0 radical (unpaired) electrons. The standard InChI is InChI=1S/C17H22N4O3/c1-12-6-7-15(24-12)14-10-13(18)17(23)21(19-14)11-16(22)20-8-4-2-3-5-9-20/h6-7,10H,2-5,8-9,11,18H2,1H3. The number of rotatable bonds is 3. The summed E-state index contributed by atoms with van der Waals surface area (Å²) in [6.45, 7) is 3.20. The number of hydrogen-bond acceptors (Lipinski definition) is 5. The fraction of sp³-hybridized carbons (Fsp3) is 0.471. The van der Waals surface area contributed by atoms with E-state index in [0.29, 0.717) is 11.5 Å². The quantitative estimate of drug-likeness (QED) is 0.926. The van der Waals surface area contributed by atoms with E-state index in [-0.39, 0.29) is 18.1 Å². The van der Waals surface area contributed by atoms with Gasteiger partial charge < -0.3 is 15.1 Å². The van der Waals surface area contributed by atoms with E-state index in [2.05, 4.69) is 5.10 Å². The number of anilines is 1. The molecule has 2 aromatic heterocycles. The van der Waals surface area contributed by atoms with Crippen molar-refractivity contribution in [3.05, 3.63) is 34.3 Å². The Morgan fingerprint density at radius 2 is 1.96 bits per heavy atom. The van der Waals surface area contributed by atoms with Crippen molar-refractivity contribution in [2.24, 2.45) is 0 Å². The van der Waals surface area contributed by atoms with Crippen LogP contribution in [0.5, 0.6) is 0 Å². The zero-order valence-corrected chi connectivity index (χ0v) is 13.8. The molecule has 0 atom stereocenters. The number of nitrogens with zero attached hydrogens (tertiary/aromatic N) is 3. The van der Waals surface area contributed by atoms with Gasteiger partial charge in [0.25, 0.3) is 5.56 Å². The molecular weight excluding hydrogens is 308 g/mol. The maximum absolute atomic E-state index is 12.5. The van der Waals surface area contributed by atoms with Crippen LogP contribution in [0.1, 0.15) is 31.4 Å². The van der Waals surface area contributed by atoms with E-state index in [0.717, 1.165) is 49.2 Å². The van der Waals surface area contributed by atoms with Gasteiger partial charge in [-0.3, -0.25) is 9.59 Å². The molecule has 1 fully saturated rings. The van der Waals surface area contributed by atoms with Crippen LogP contribution in [0.2, 0.25) is 0 Å². The van der Waals surface area contributed by atoms with Crippen LogP contribution in [-0.2, 0) is 11.3 Å². The molecule has 3 rings (SSSR count). The van der Waals surface area contributed by atoms with E-state index in [1.54, 1.807) is 11.0 Å². The number of amides is 1. The number of likely N-dealkylation sites (tertiary alicyclic amines) is 1. The van der Waals surface area contributed by atoms with Crippen molar-refractivity contribution >= 4 is 11.6 Å². The fourth-order valence-corrected chi connectivity index (χ4v) is 2.91. The molecular formula is C17H22N4O3. The van der Waals surface area contributed by atoms with E-state index in [9.17, 15) is 9.59 Å². The van der Waals surface area contributed by atoms with Crippen LogP contribution >= 0.6 is 0 Å². The third-order valence-corrected chi connectivity index (χ3v) is 4.24. The molecule has 1 aliphatic heterocycles. The Kier molecular flexibility index (Phi) is 4.69. The molecule has 0 saturated carbocycles. The summed E-state index contributed by atoms with van der Waals surface area (Å²) >= 11 is 0. The van der Waals surface area contributed by atoms with Crippen molar-refractivity contribution in [2.75, 3.05) is 18.8 Å². The summed E-state index contributed by atoms with van der Waals surface area (Å²) in [5, 5.41) is 4.26. The summed E-state index contributed by atoms with van der Waals surface area (Å²) in [6.07, 6.45) is 4.29. The molecule has 128 valence electrons. The van der Waals surface area contributed by atoms with E-state index in [1.165, 1.54) is 6.07 Å². The molecule has 0 aliphatic carbocycles. The molecule has 1 amide bonds. The van der Waals surface area contributed by atoms with E-state index < -0.39 is 5.56 Å². The van der Waals surface area contributed by atoms with Crippen molar-refractivity contribution < 1.29 is 9.21 Å². The topological polar surface area (TPSA) is 94.4 Å². The Hall–Kier alpha value is -2.57. The Bertz CT molecular complexity index is 785. The number of nitrogens with two attached hydrogens (primary N) is 1. The Labute approximate surface area is 140 Å². The second-order valence-electron chi connectivity index (χ2n) is 6.15. The molecule has 7 nitrogen and oxygen atoms in total. The zero-order valence-electron chi connectivity index (χ0n) is 13.8. The van der Waals surface area contributed by atoms with Gasteiger partial charge in [0.1, 0.15) is 23.7 Å². The van der Waals surface area contributed by atoms with Gasteiger partial charge in [-0.05, 0) is 38.0 Å². The zero-order chi connectivity index (χ0) is 17.1. The Balaban J connectivity index is 1.85. The van der Waals surface area contributed by atoms with Crippen LogP contribution in [-0.4, -0.2) is 33.7 Å². The van der Waals surface area contributed by atoms with Crippen LogP contribution in [0.15, 0.2) is 27.4 Å². The summed E-state index contributed by atoms with van der Waals surface area (Å²) < 4.78 is 6.66. The molecule has 1 saturated heterocycles. The summed E-state index contributed by atoms with van der Waals surface area (Å²) in [5.41, 5.74) is 5.85. The molecule has 24 heavy (non-hydrogen) atoms. The van der Waals surface area contributed by atoms with E-state index >= 15 is 0 Å². The maximum Gasteiger partial charge on any atom is 0.290 e. The maximum atomic E-state index is 12.5. The molecule has 3 heterocycles. The second kappa shape index (κ2) is 6.90. The lowest BCUT2D eigenvalue weighted by Gasteiger charge is -2.20. The monoisotopic (exact) mass is 330 g/mol. The molecule has 2 N–H and O–H groups in total. The highest BCUT2D eigenvalue weighted by Crippen LogP contribution is 2.20. The first-order chi connectivity index (χ1) is 11.5. The number of carbonyl (C=O) groups excluding carboxylic acids is 1. The lowest BCUT2D eigenvalue weighted by atomic mass is 10.2. The number of aryl methyl sites for hydroxylation is 1. The highest BCUT2D eigenvalue weighted by atomic mass is 16.3. The molecule has 0 unspecified atom stereocenters. The molecule has 7 heteroatoms. The smallest absolute Gasteiger partial charge is 0.290 e. The summed E-state index contributed by atoms with van der Waals surface area (Å²) in [4.78, 5) is 26.5. The largest absolute Gasteiger partial charge is 0.460 e. The number of carbonyl (C=O) groups is 1. The predicted molar refractivity (Wildman–Crippen MR) is 90.4 cm³/mol. The van der Waals surface area contributed by atoms with Gasteiger partial charge in [0.15, 0.2) is 5.76 Å². The fourth-order valence-electron chi connectivity index (χ4n) is 2.91. The SMILES string of the molecule is Cc1ccc(-c2cc(N)c(=O)n(CC(=O)N3CCCCCC3)n2)o1. The summed E-state index contributed by atoms with van der Waals surface area (Å²) in [6, 6.07) is 5.06. The number of furan rings is 1. The summed E-state index contributed by atoms with van der Waals surface area (Å²) in [7, 11) is 0. The van der Waals surface area contributed by atoms with Crippen molar-refractivity contribution in [1.82, 2.24) is 14.7 Å². The number of hydrogen-bond donors (Lipinski definition) is 1. The molecule has 0 bridgehead atoms. The van der Waals surface area contributed by atoms with Gasteiger partial charge in [-0.1, -0.05) is 12.8 Å². The second-order valence-corrected chi connectivity index (χ2v) is 6.15. The third-order valence-electron chi connectivity index (χ3n) is 4.24. The normalized spacial score (nSPS) is 15.3. The van der Waals surface area contributed by atoms with Crippen LogP contribution < -0.4 is 11.3 Å². The Morgan fingerprint density at radius 3 is 2.58 bits per heavy atom. The number of aromatic nitrogens is 2. The lowest BCUT2D eigenvalue weighted by molar-refractivity contribution is -0.132. The van der Waals surface area contributed by atoms with Gasteiger partial charge in [-0.2, -0.15) is 5.10 Å². The van der Waals surface area contributed by atoms with Crippen molar-refractivity contribution in [2.45, 2.75) is 39.2 Å². The highest BCUT2D eigenvalue weighted by molar-refractivity contribution is 5.76. The van der Waals surface area contributed by atoms with Crippen LogP contribution in [0, 0.1) is 6.92 Å². The van der Waals surface area contributed by atoms with Crippen LogP contribution in [0.3, 0.4) is 0 Å². The average Bonchev–Trinajstić information content (AvgIpc) is 2.83. The summed E-state index contributed by atoms with van der Waals surface area (Å²) in [5.74, 6) is 1.16. The van der Waals surface area contributed by atoms with Crippen molar-refractivity contribution in [3.63, 3.8) is 0 Å². The van der Waals surface area contributed by atoms with E-state index in [4.69, 9.17) is 10.2 Å². The van der Waals surface area contributed by atoms with Gasteiger partial charge in [0.05, 0.1) is 0 Å². The third kappa shape index (κ3) is 3.50. The molecule has 2 aromatic rings. The molecule has 0 spiro atoms. The minimum Gasteiger partial charge on any atom is -0.460 e. The lowest BCUT2D eigenvalue weighted by Crippen LogP contribution is -2.38. The van der Waals surface area contributed by atoms with Gasteiger partial charge in [0.2, 0.25) is 5.91 Å². The van der Waals surface area contributed by atoms with E-state index in [1.807, 2.05) is 13.0 Å². The van der Waals surface area contributed by atoms with Gasteiger partial charge in [-0.15, -0.1) is 0 Å². The van der Waals surface area contributed by atoms with Crippen molar-refractivity contribution in [1.29, 1.82) is 0 Å². The Morgan fingerprint density at radius 1 is 1.25 bits per heavy atom.